The van der Waals surface area contributed by atoms with Gasteiger partial charge in [0.05, 0.1) is 34.5 Å². The Morgan fingerprint density at radius 2 is 1.41 bits per heavy atom. The van der Waals surface area contributed by atoms with Gasteiger partial charge in [-0.25, -0.2) is 4.98 Å². The summed E-state index contributed by atoms with van der Waals surface area (Å²) < 4.78 is 4.69. The number of hydrogen-bond acceptors (Lipinski definition) is 3. The Balaban J connectivity index is 1.49. The molecular formula is C36H21N5. The summed E-state index contributed by atoms with van der Waals surface area (Å²) in [6, 6.07) is 33.0. The smallest absolute Gasteiger partial charge is 0.146 e. The van der Waals surface area contributed by atoms with Crippen LogP contribution >= 0.6 is 0 Å². The van der Waals surface area contributed by atoms with E-state index >= 15 is 0 Å². The molecule has 0 atom stereocenters. The van der Waals surface area contributed by atoms with Crippen LogP contribution in [0.2, 0.25) is 0 Å². The van der Waals surface area contributed by atoms with Gasteiger partial charge in [0.1, 0.15) is 11.2 Å². The van der Waals surface area contributed by atoms with Gasteiger partial charge in [0.2, 0.25) is 0 Å². The molecule has 0 bridgehead atoms. The minimum Gasteiger partial charge on any atom is -0.309 e. The van der Waals surface area contributed by atoms with Crippen molar-refractivity contribution in [3.63, 3.8) is 0 Å². The van der Waals surface area contributed by atoms with E-state index < -0.39 is 0 Å². The first-order valence-electron chi connectivity index (χ1n) is 13.9. The van der Waals surface area contributed by atoms with Crippen molar-refractivity contribution in [3.8, 4) is 16.8 Å². The molecule has 0 spiro atoms. The third-order valence-corrected chi connectivity index (χ3v) is 8.90. The minimum atomic E-state index is 0.879. The SMILES string of the molecule is c1ccc(-n2c3ccc4c(c3c3ccc5c(c6ccncc6n6c7ccncc7nc56)c32)Cc2ccccc2-4)cc1. The fraction of sp³-hybridized carbons (Fsp3) is 0.0278. The fourth-order valence-electron chi connectivity index (χ4n) is 7.27. The number of nitrogens with zero attached hydrogens (tertiary/aromatic N) is 5. The van der Waals surface area contributed by atoms with E-state index in [2.05, 4.69) is 104 Å². The van der Waals surface area contributed by atoms with Gasteiger partial charge in [-0.15, -0.1) is 0 Å². The molecule has 0 radical (unpaired) electrons. The zero-order valence-corrected chi connectivity index (χ0v) is 21.9. The lowest BCUT2D eigenvalue weighted by Gasteiger charge is -2.13. The number of hydrogen-bond donors (Lipinski definition) is 0. The van der Waals surface area contributed by atoms with Crippen LogP contribution in [0.15, 0.2) is 116 Å². The first-order valence-corrected chi connectivity index (χ1v) is 13.9. The highest BCUT2D eigenvalue weighted by Crippen LogP contribution is 2.47. The topological polar surface area (TPSA) is 48.0 Å². The van der Waals surface area contributed by atoms with Crippen molar-refractivity contribution >= 4 is 60.2 Å². The average molecular weight is 524 g/mol. The summed E-state index contributed by atoms with van der Waals surface area (Å²) in [6.07, 6.45) is 8.48. The quantitative estimate of drug-likeness (QED) is 0.204. The highest BCUT2D eigenvalue weighted by Gasteiger charge is 2.26. The lowest BCUT2D eigenvalue weighted by molar-refractivity contribution is 1.18. The molecular weight excluding hydrogens is 502 g/mol. The van der Waals surface area contributed by atoms with E-state index in [9.17, 15) is 0 Å². The summed E-state index contributed by atoms with van der Waals surface area (Å²) >= 11 is 0. The number of imidazole rings is 1. The summed E-state index contributed by atoms with van der Waals surface area (Å²) in [6.45, 7) is 0. The molecule has 1 aliphatic rings. The molecule has 5 aromatic heterocycles. The number of benzene rings is 4. The number of pyridine rings is 3. The van der Waals surface area contributed by atoms with Gasteiger partial charge in [-0.05, 0) is 65.1 Å². The monoisotopic (exact) mass is 523 g/mol. The Morgan fingerprint density at radius 1 is 0.585 bits per heavy atom. The second-order valence-electron chi connectivity index (χ2n) is 10.9. The van der Waals surface area contributed by atoms with Crippen molar-refractivity contribution in [2.45, 2.75) is 6.42 Å². The Hall–Kier alpha value is -5.55. The zero-order valence-electron chi connectivity index (χ0n) is 21.9. The molecule has 0 fully saturated rings. The molecule has 5 heterocycles. The van der Waals surface area contributed by atoms with Crippen LogP contribution in [0.5, 0.6) is 0 Å². The van der Waals surface area contributed by atoms with Crippen molar-refractivity contribution < 1.29 is 0 Å². The molecule has 190 valence electrons. The van der Waals surface area contributed by atoms with Crippen molar-refractivity contribution in [3.05, 3.63) is 127 Å². The van der Waals surface area contributed by atoms with E-state index in [4.69, 9.17) is 4.98 Å². The van der Waals surface area contributed by atoms with Gasteiger partial charge >= 0.3 is 0 Å². The van der Waals surface area contributed by atoms with Crippen LogP contribution in [0.4, 0.5) is 0 Å². The third-order valence-electron chi connectivity index (χ3n) is 8.90. The molecule has 10 rings (SSSR count). The van der Waals surface area contributed by atoms with E-state index in [0.717, 1.165) is 45.1 Å². The molecule has 5 nitrogen and oxygen atoms in total. The van der Waals surface area contributed by atoms with Crippen molar-refractivity contribution in [1.29, 1.82) is 0 Å². The Kier molecular flexibility index (Phi) is 3.92. The summed E-state index contributed by atoms with van der Waals surface area (Å²) in [5.74, 6) is 0. The van der Waals surface area contributed by atoms with Crippen LogP contribution in [-0.4, -0.2) is 23.9 Å². The molecule has 0 unspecified atom stereocenters. The Labute approximate surface area is 234 Å². The third kappa shape index (κ3) is 2.63. The predicted octanol–water partition coefficient (Wildman–Crippen LogP) is 8.25. The maximum absolute atomic E-state index is 5.10. The van der Waals surface area contributed by atoms with Gasteiger partial charge in [-0.1, -0.05) is 54.6 Å². The van der Waals surface area contributed by atoms with Crippen LogP contribution in [0, 0.1) is 0 Å². The highest BCUT2D eigenvalue weighted by atomic mass is 15.0. The van der Waals surface area contributed by atoms with Crippen LogP contribution in [-0.2, 0) is 6.42 Å². The Bertz CT molecular complexity index is 2550. The minimum absolute atomic E-state index is 0.879. The van der Waals surface area contributed by atoms with E-state index in [1.807, 2.05) is 30.9 Å². The van der Waals surface area contributed by atoms with Gasteiger partial charge in [-0.2, -0.15) is 0 Å². The number of fused-ring (bicyclic) bond motifs is 16. The first-order chi connectivity index (χ1) is 20.4. The van der Waals surface area contributed by atoms with Gasteiger partial charge in [0.25, 0.3) is 0 Å². The maximum Gasteiger partial charge on any atom is 0.146 e. The maximum atomic E-state index is 5.10. The molecule has 41 heavy (non-hydrogen) atoms. The number of aromatic nitrogens is 5. The van der Waals surface area contributed by atoms with Gasteiger partial charge in [-0.3, -0.25) is 14.4 Å². The highest BCUT2D eigenvalue weighted by molar-refractivity contribution is 6.28. The summed E-state index contributed by atoms with van der Waals surface area (Å²) in [5.41, 5.74) is 13.0. The first kappa shape index (κ1) is 21.3. The van der Waals surface area contributed by atoms with Crippen LogP contribution in [0.3, 0.4) is 0 Å². The van der Waals surface area contributed by atoms with E-state index in [0.29, 0.717) is 0 Å². The van der Waals surface area contributed by atoms with Gasteiger partial charge < -0.3 is 4.57 Å². The normalized spacial score (nSPS) is 12.8. The lowest BCUT2D eigenvalue weighted by atomic mass is 9.98. The number of rotatable bonds is 1. The van der Waals surface area contributed by atoms with E-state index in [1.54, 1.807) is 0 Å². The second kappa shape index (κ2) is 7.55. The van der Waals surface area contributed by atoms with Gasteiger partial charge in [0, 0.05) is 45.0 Å². The standard InChI is InChI=1S/C36H21N5/c1-2-7-22(8-3-1)40-31-13-12-24-23-9-5-4-6-21(23)18-28(24)33(31)26-10-11-27-34(35(26)40)25-14-16-38-20-32(25)41-30-15-17-37-19-29(30)39-36(27)41/h1-17,19-20H,18H2. The molecule has 0 saturated heterocycles. The summed E-state index contributed by atoms with van der Waals surface area (Å²) in [4.78, 5) is 14.0. The van der Waals surface area contributed by atoms with Gasteiger partial charge in [0.15, 0.2) is 0 Å². The second-order valence-corrected chi connectivity index (χ2v) is 10.9. The van der Waals surface area contributed by atoms with Crippen molar-refractivity contribution in [2.24, 2.45) is 0 Å². The summed E-state index contributed by atoms with van der Waals surface area (Å²) in [7, 11) is 0. The van der Waals surface area contributed by atoms with Crippen LogP contribution in [0.1, 0.15) is 11.1 Å². The van der Waals surface area contributed by atoms with Crippen LogP contribution < -0.4 is 0 Å². The molecule has 4 aromatic carbocycles. The van der Waals surface area contributed by atoms with Crippen LogP contribution in [0.25, 0.3) is 77.0 Å². The molecule has 0 N–H and O–H groups in total. The van der Waals surface area contributed by atoms with Crippen molar-refractivity contribution in [2.75, 3.05) is 0 Å². The Morgan fingerprint density at radius 3 is 2.37 bits per heavy atom. The zero-order chi connectivity index (χ0) is 26.7. The molecule has 9 aromatic rings. The molecule has 1 aliphatic carbocycles. The lowest BCUT2D eigenvalue weighted by Crippen LogP contribution is -1.97. The number of para-hydroxylation sites is 1. The predicted molar refractivity (Wildman–Crippen MR) is 166 cm³/mol. The van der Waals surface area contributed by atoms with E-state index in [1.165, 1.54) is 49.4 Å². The van der Waals surface area contributed by atoms with Crippen molar-refractivity contribution in [1.82, 2.24) is 23.9 Å². The summed E-state index contributed by atoms with van der Waals surface area (Å²) in [5, 5.41) is 6.07. The molecule has 0 aliphatic heterocycles. The molecule has 0 amide bonds. The largest absolute Gasteiger partial charge is 0.309 e. The van der Waals surface area contributed by atoms with E-state index in [-0.39, 0.29) is 0 Å². The fourth-order valence-corrected chi connectivity index (χ4v) is 7.27. The molecule has 0 saturated carbocycles. The average Bonchev–Trinajstić information content (AvgIpc) is 3.71. The molecule has 5 heteroatoms.